The maximum Gasteiger partial charge on any atom is 0.407 e. The minimum absolute atomic E-state index is 0.190. The second kappa shape index (κ2) is 7.30. The fourth-order valence-corrected chi connectivity index (χ4v) is 2.22. The molecule has 4 atom stereocenters. The number of aliphatic hydroxyl groups is 1. The van der Waals surface area contributed by atoms with Crippen LogP contribution >= 0.6 is 0 Å². The first-order chi connectivity index (χ1) is 8.97. The SMILES string of the molecule is CCOC(=O)[C@@H](NC(=O)OC)[C@H]1C[C@H](C)O[C@@H](O)C1. The Bertz CT molecular complexity index is 311. The Labute approximate surface area is 112 Å². The van der Waals surface area contributed by atoms with E-state index in [9.17, 15) is 14.7 Å². The van der Waals surface area contributed by atoms with Crippen LogP contribution in [0, 0.1) is 5.92 Å². The Hall–Kier alpha value is -1.34. The molecule has 0 aromatic rings. The maximum absolute atomic E-state index is 11.9. The number of nitrogens with one attached hydrogen (secondary N) is 1. The molecule has 2 N–H and O–H groups in total. The molecule has 0 saturated carbocycles. The number of amides is 1. The molecule has 0 unspecified atom stereocenters. The van der Waals surface area contributed by atoms with Crippen LogP contribution in [0.25, 0.3) is 0 Å². The Morgan fingerprint density at radius 3 is 2.68 bits per heavy atom. The van der Waals surface area contributed by atoms with Crippen molar-refractivity contribution >= 4 is 12.1 Å². The third-order valence-corrected chi connectivity index (χ3v) is 3.00. The van der Waals surface area contributed by atoms with Gasteiger partial charge in [-0.05, 0) is 26.2 Å². The molecule has 1 aliphatic rings. The van der Waals surface area contributed by atoms with Crippen LogP contribution in [0.15, 0.2) is 0 Å². The zero-order valence-corrected chi connectivity index (χ0v) is 11.4. The molecule has 0 aliphatic carbocycles. The third kappa shape index (κ3) is 4.68. The number of hydrogen-bond donors (Lipinski definition) is 2. The van der Waals surface area contributed by atoms with E-state index in [1.807, 2.05) is 0 Å². The smallest absolute Gasteiger partial charge is 0.407 e. The first-order valence-corrected chi connectivity index (χ1v) is 6.32. The fraction of sp³-hybridized carbons (Fsp3) is 0.833. The molecule has 0 aromatic carbocycles. The van der Waals surface area contributed by atoms with Crippen LogP contribution in [-0.4, -0.2) is 49.3 Å². The summed E-state index contributed by atoms with van der Waals surface area (Å²) in [6.07, 6.45) is -1.02. The van der Waals surface area contributed by atoms with Gasteiger partial charge in [-0.15, -0.1) is 0 Å². The van der Waals surface area contributed by atoms with E-state index in [0.717, 1.165) is 0 Å². The quantitative estimate of drug-likeness (QED) is 0.722. The zero-order valence-electron chi connectivity index (χ0n) is 11.4. The second-order valence-corrected chi connectivity index (χ2v) is 4.50. The molecule has 1 aliphatic heterocycles. The van der Waals surface area contributed by atoms with E-state index in [1.165, 1.54) is 7.11 Å². The van der Waals surface area contributed by atoms with E-state index in [-0.39, 0.29) is 25.0 Å². The number of ether oxygens (including phenoxy) is 3. The van der Waals surface area contributed by atoms with E-state index < -0.39 is 24.4 Å². The standard InChI is InChI=1S/C12H21NO6/c1-4-18-11(15)10(13-12(16)17-3)8-5-7(2)19-9(14)6-8/h7-10,14H,4-6H2,1-3H3,(H,13,16)/t7-,8-,9+,10-/m0/s1. The molecule has 110 valence electrons. The van der Waals surface area contributed by atoms with Gasteiger partial charge < -0.3 is 24.6 Å². The topological polar surface area (TPSA) is 94.1 Å². The van der Waals surface area contributed by atoms with E-state index in [1.54, 1.807) is 13.8 Å². The van der Waals surface area contributed by atoms with Gasteiger partial charge in [-0.25, -0.2) is 9.59 Å². The average molecular weight is 275 g/mol. The molecule has 0 aromatic heterocycles. The van der Waals surface area contributed by atoms with Crippen molar-refractivity contribution < 1.29 is 28.9 Å². The summed E-state index contributed by atoms with van der Waals surface area (Å²) in [6.45, 7) is 3.71. The number of carbonyl (C=O) groups is 2. The van der Waals surface area contributed by atoms with Crippen molar-refractivity contribution in [3.63, 3.8) is 0 Å². The van der Waals surface area contributed by atoms with E-state index in [4.69, 9.17) is 9.47 Å². The Morgan fingerprint density at radius 1 is 1.47 bits per heavy atom. The Kier molecular flexibility index (Phi) is 6.04. The lowest BCUT2D eigenvalue weighted by molar-refractivity contribution is -0.179. The molecule has 7 heteroatoms. The van der Waals surface area contributed by atoms with Crippen LogP contribution in [0.5, 0.6) is 0 Å². The van der Waals surface area contributed by atoms with Crippen molar-refractivity contribution in [1.29, 1.82) is 0 Å². The molecule has 19 heavy (non-hydrogen) atoms. The molecular formula is C12H21NO6. The van der Waals surface area contributed by atoms with E-state index in [0.29, 0.717) is 6.42 Å². The predicted octanol–water partition coefficient (Wildman–Crippen LogP) is 0.408. The summed E-state index contributed by atoms with van der Waals surface area (Å²) in [5.41, 5.74) is 0. The van der Waals surface area contributed by atoms with Gasteiger partial charge in [0, 0.05) is 6.42 Å². The van der Waals surface area contributed by atoms with Crippen LogP contribution in [-0.2, 0) is 19.0 Å². The van der Waals surface area contributed by atoms with E-state index >= 15 is 0 Å². The highest BCUT2D eigenvalue weighted by atomic mass is 16.6. The second-order valence-electron chi connectivity index (χ2n) is 4.50. The first kappa shape index (κ1) is 15.7. The van der Waals surface area contributed by atoms with E-state index in [2.05, 4.69) is 10.1 Å². The highest BCUT2D eigenvalue weighted by Crippen LogP contribution is 2.27. The van der Waals surface area contributed by atoms with Gasteiger partial charge in [-0.3, -0.25) is 0 Å². The van der Waals surface area contributed by atoms with Crippen LogP contribution in [0.4, 0.5) is 4.79 Å². The third-order valence-electron chi connectivity index (χ3n) is 3.00. The van der Waals surface area contributed by atoms with Crippen LogP contribution < -0.4 is 5.32 Å². The number of rotatable bonds is 4. The summed E-state index contributed by atoms with van der Waals surface area (Å²) in [6, 6.07) is -0.839. The van der Waals surface area contributed by atoms with Gasteiger partial charge in [0.15, 0.2) is 6.29 Å². The normalized spacial score (nSPS) is 28.3. The van der Waals surface area contributed by atoms with Gasteiger partial charge in [-0.1, -0.05) is 0 Å². The zero-order chi connectivity index (χ0) is 14.4. The van der Waals surface area contributed by atoms with Gasteiger partial charge in [-0.2, -0.15) is 0 Å². The van der Waals surface area contributed by atoms with Gasteiger partial charge >= 0.3 is 12.1 Å². The van der Waals surface area contributed by atoms with Crippen molar-refractivity contribution in [2.75, 3.05) is 13.7 Å². The van der Waals surface area contributed by atoms with Crippen molar-refractivity contribution in [2.24, 2.45) is 5.92 Å². The van der Waals surface area contributed by atoms with Crippen molar-refractivity contribution in [2.45, 2.75) is 45.1 Å². The average Bonchev–Trinajstić information content (AvgIpc) is 2.34. The molecular weight excluding hydrogens is 254 g/mol. The predicted molar refractivity (Wildman–Crippen MR) is 65.2 cm³/mol. The summed E-state index contributed by atoms with van der Waals surface area (Å²) in [5, 5.41) is 12.0. The lowest BCUT2D eigenvalue weighted by Gasteiger charge is -2.34. The highest BCUT2D eigenvalue weighted by Gasteiger charge is 2.37. The van der Waals surface area contributed by atoms with Crippen molar-refractivity contribution in [1.82, 2.24) is 5.32 Å². The van der Waals surface area contributed by atoms with Crippen LogP contribution in [0.2, 0.25) is 0 Å². The largest absolute Gasteiger partial charge is 0.464 e. The van der Waals surface area contributed by atoms with Gasteiger partial charge in [0.2, 0.25) is 0 Å². The number of esters is 1. The fourth-order valence-electron chi connectivity index (χ4n) is 2.22. The Morgan fingerprint density at radius 2 is 2.16 bits per heavy atom. The molecule has 1 saturated heterocycles. The lowest BCUT2D eigenvalue weighted by Crippen LogP contribution is -2.50. The van der Waals surface area contributed by atoms with Gasteiger partial charge in [0.1, 0.15) is 6.04 Å². The molecule has 0 radical (unpaired) electrons. The first-order valence-electron chi connectivity index (χ1n) is 6.32. The number of aliphatic hydroxyl groups excluding tert-OH is 1. The van der Waals surface area contributed by atoms with Gasteiger partial charge in [0.05, 0.1) is 19.8 Å². The van der Waals surface area contributed by atoms with Crippen molar-refractivity contribution in [3.8, 4) is 0 Å². The molecule has 1 heterocycles. The van der Waals surface area contributed by atoms with Crippen LogP contribution in [0.1, 0.15) is 26.7 Å². The summed E-state index contributed by atoms with van der Waals surface area (Å²) < 4.78 is 14.6. The van der Waals surface area contributed by atoms with Gasteiger partial charge in [0.25, 0.3) is 0 Å². The molecule has 1 rings (SSSR count). The number of carbonyl (C=O) groups excluding carboxylic acids is 2. The Balaban J connectivity index is 2.76. The molecule has 1 amide bonds. The number of methoxy groups -OCH3 is 1. The molecule has 7 nitrogen and oxygen atoms in total. The minimum atomic E-state index is -0.940. The molecule has 0 bridgehead atoms. The highest BCUT2D eigenvalue weighted by molar-refractivity contribution is 5.81. The summed E-state index contributed by atoms with van der Waals surface area (Å²) in [7, 11) is 1.22. The maximum atomic E-state index is 11.9. The lowest BCUT2D eigenvalue weighted by atomic mass is 9.88. The summed E-state index contributed by atoms with van der Waals surface area (Å²) in [4.78, 5) is 23.2. The number of hydrogen-bond acceptors (Lipinski definition) is 6. The molecule has 1 fully saturated rings. The monoisotopic (exact) mass is 275 g/mol. The molecule has 0 spiro atoms. The van der Waals surface area contributed by atoms with Crippen LogP contribution in [0.3, 0.4) is 0 Å². The minimum Gasteiger partial charge on any atom is -0.464 e. The summed E-state index contributed by atoms with van der Waals surface area (Å²) >= 11 is 0. The summed E-state index contributed by atoms with van der Waals surface area (Å²) in [5.74, 6) is -0.781. The number of alkyl carbamates (subject to hydrolysis) is 1. The van der Waals surface area contributed by atoms with Crippen molar-refractivity contribution in [3.05, 3.63) is 0 Å².